The standard InChI is InChI=1S/C14H17N5O/c15-14(20)11-3-1-10(2-4-11)8-19-9-13(17-18-19)7-16-12-5-6-12/h1-4,9,12,16H,5-8H2,(H2,15,20). The Kier molecular flexibility index (Phi) is 3.47. The van der Waals surface area contributed by atoms with Gasteiger partial charge >= 0.3 is 0 Å². The molecule has 20 heavy (non-hydrogen) atoms. The number of nitrogens with one attached hydrogen (secondary N) is 1. The average Bonchev–Trinajstić information content (AvgIpc) is 3.17. The highest BCUT2D eigenvalue weighted by atomic mass is 16.1. The molecule has 104 valence electrons. The van der Waals surface area contributed by atoms with E-state index in [4.69, 9.17) is 5.73 Å². The van der Waals surface area contributed by atoms with Gasteiger partial charge in [0.25, 0.3) is 0 Å². The van der Waals surface area contributed by atoms with Gasteiger partial charge in [0, 0.05) is 18.2 Å². The molecule has 1 aromatic carbocycles. The molecular weight excluding hydrogens is 254 g/mol. The Bertz CT molecular complexity index is 600. The van der Waals surface area contributed by atoms with Crippen LogP contribution in [0.25, 0.3) is 0 Å². The van der Waals surface area contributed by atoms with E-state index in [0.29, 0.717) is 18.2 Å². The lowest BCUT2D eigenvalue weighted by Crippen LogP contribution is -2.15. The lowest BCUT2D eigenvalue weighted by molar-refractivity contribution is 0.100. The van der Waals surface area contributed by atoms with E-state index >= 15 is 0 Å². The lowest BCUT2D eigenvalue weighted by Gasteiger charge is -2.02. The van der Waals surface area contributed by atoms with Gasteiger partial charge in [-0.1, -0.05) is 17.3 Å². The van der Waals surface area contributed by atoms with Crippen molar-refractivity contribution in [2.45, 2.75) is 32.0 Å². The first kappa shape index (κ1) is 12.8. The first-order valence-corrected chi connectivity index (χ1v) is 6.72. The fourth-order valence-corrected chi connectivity index (χ4v) is 1.99. The smallest absolute Gasteiger partial charge is 0.248 e. The summed E-state index contributed by atoms with van der Waals surface area (Å²) in [5.74, 6) is -0.411. The van der Waals surface area contributed by atoms with E-state index in [-0.39, 0.29) is 0 Å². The largest absolute Gasteiger partial charge is 0.366 e. The third-order valence-electron chi connectivity index (χ3n) is 3.32. The summed E-state index contributed by atoms with van der Waals surface area (Å²) in [4.78, 5) is 11.0. The molecule has 1 saturated carbocycles. The molecule has 0 aliphatic heterocycles. The van der Waals surface area contributed by atoms with Crippen molar-refractivity contribution in [3.8, 4) is 0 Å². The predicted molar refractivity (Wildman–Crippen MR) is 73.9 cm³/mol. The number of rotatable bonds is 6. The minimum absolute atomic E-state index is 0.411. The fourth-order valence-electron chi connectivity index (χ4n) is 1.99. The van der Waals surface area contributed by atoms with Gasteiger partial charge in [-0.25, -0.2) is 4.68 Å². The Morgan fingerprint density at radius 1 is 1.35 bits per heavy atom. The summed E-state index contributed by atoms with van der Waals surface area (Å²) in [6.45, 7) is 1.40. The maximum atomic E-state index is 11.0. The molecule has 1 amide bonds. The first-order valence-electron chi connectivity index (χ1n) is 6.72. The molecule has 3 N–H and O–H groups in total. The van der Waals surface area contributed by atoms with Crippen molar-refractivity contribution in [1.29, 1.82) is 0 Å². The molecule has 1 aliphatic rings. The van der Waals surface area contributed by atoms with Crippen molar-refractivity contribution in [2.75, 3.05) is 0 Å². The highest BCUT2D eigenvalue weighted by Gasteiger charge is 2.20. The summed E-state index contributed by atoms with van der Waals surface area (Å²) in [6.07, 6.45) is 4.47. The Morgan fingerprint density at radius 2 is 2.10 bits per heavy atom. The number of nitrogens with zero attached hydrogens (tertiary/aromatic N) is 3. The van der Waals surface area contributed by atoms with Gasteiger partial charge in [0.2, 0.25) is 5.91 Å². The second-order valence-corrected chi connectivity index (χ2v) is 5.12. The molecule has 6 heteroatoms. The van der Waals surface area contributed by atoms with Crippen LogP contribution in [0, 0.1) is 0 Å². The van der Waals surface area contributed by atoms with Crippen molar-refractivity contribution in [1.82, 2.24) is 20.3 Å². The van der Waals surface area contributed by atoms with Crippen LogP contribution in [0.3, 0.4) is 0 Å². The summed E-state index contributed by atoms with van der Waals surface area (Å²) >= 11 is 0. The topological polar surface area (TPSA) is 85.8 Å². The zero-order chi connectivity index (χ0) is 13.9. The van der Waals surface area contributed by atoms with Crippen molar-refractivity contribution in [2.24, 2.45) is 5.73 Å². The first-order chi connectivity index (χ1) is 9.70. The molecule has 1 fully saturated rings. The van der Waals surface area contributed by atoms with Crippen LogP contribution in [0.4, 0.5) is 0 Å². The van der Waals surface area contributed by atoms with Gasteiger partial charge in [-0.05, 0) is 30.5 Å². The second-order valence-electron chi connectivity index (χ2n) is 5.12. The van der Waals surface area contributed by atoms with E-state index in [1.807, 2.05) is 18.3 Å². The monoisotopic (exact) mass is 271 g/mol. The number of carbonyl (C=O) groups excluding carboxylic acids is 1. The molecule has 0 spiro atoms. The van der Waals surface area contributed by atoms with Crippen LogP contribution in [0.2, 0.25) is 0 Å². The third kappa shape index (κ3) is 3.21. The number of amides is 1. The van der Waals surface area contributed by atoms with Crippen molar-refractivity contribution < 1.29 is 4.79 Å². The Hall–Kier alpha value is -2.21. The molecular formula is C14H17N5O. The van der Waals surface area contributed by atoms with Gasteiger partial charge in [-0.15, -0.1) is 5.10 Å². The summed E-state index contributed by atoms with van der Waals surface area (Å²) in [5, 5.41) is 11.6. The quantitative estimate of drug-likeness (QED) is 0.809. The fraction of sp³-hybridized carbons (Fsp3) is 0.357. The number of hydrogen-bond donors (Lipinski definition) is 2. The van der Waals surface area contributed by atoms with Crippen LogP contribution in [0.1, 0.15) is 34.5 Å². The lowest BCUT2D eigenvalue weighted by atomic mass is 10.1. The van der Waals surface area contributed by atoms with E-state index in [1.165, 1.54) is 12.8 Å². The van der Waals surface area contributed by atoms with Crippen molar-refractivity contribution in [3.63, 3.8) is 0 Å². The van der Waals surface area contributed by atoms with E-state index < -0.39 is 5.91 Å². The van der Waals surface area contributed by atoms with E-state index in [0.717, 1.165) is 17.8 Å². The predicted octanol–water partition coefficient (Wildman–Crippen LogP) is 0.677. The number of benzene rings is 1. The molecule has 0 unspecified atom stereocenters. The van der Waals surface area contributed by atoms with Gasteiger partial charge in [-0.2, -0.15) is 0 Å². The summed E-state index contributed by atoms with van der Waals surface area (Å²) in [6, 6.07) is 7.88. The maximum Gasteiger partial charge on any atom is 0.248 e. The molecule has 3 rings (SSSR count). The Labute approximate surface area is 117 Å². The van der Waals surface area contributed by atoms with Gasteiger partial charge in [-0.3, -0.25) is 4.79 Å². The third-order valence-corrected chi connectivity index (χ3v) is 3.32. The molecule has 1 aliphatic carbocycles. The van der Waals surface area contributed by atoms with Crippen LogP contribution < -0.4 is 11.1 Å². The molecule has 0 saturated heterocycles. The average molecular weight is 271 g/mol. The molecule has 6 nitrogen and oxygen atoms in total. The van der Waals surface area contributed by atoms with Gasteiger partial charge in [0.05, 0.1) is 18.4 Å². The molecule has 0 radical (unpaired) electrons. The van der Waals surface area contributed by atoms with Crippen LogP contribution in [-0.2, 0) is 13.1 Å². The second kappa shape index (κ2) is 5.42. The zero-order valence-electron chi connectivity index (χ0n) is 11.1. The number of nitrogens with two attached hydrogens (primary N) is 1. The van der Waals surface area contributed by atoms with E-state index in [2.05, 4.69) is 15.6 Å². The minimum Gasteiger partial charge on any atom is -0.366 e. The molecule has 2 aromatic rings. The van der Waals surface area contributed by atoms with Crippen LogP contribution in [-0.4, -0.2) is 26.9 Å². The van der Waals surface area contributed by atoms with Gasteiger partial charge < -0.3 is 11.1 Å². The number of primary amides is 1. The summed E-state index contributed by atoms with van der Waals surface area (Å²) < 4.78 is 1.79. The van der Waals surface area contributed by atoms with E-state index in [1.54, 1.807) is 16.8 Å². The summed E-state index contributed by atoms with van der Waals surface area (Å²) in [5.41, 5.74) is 7.73. The Balaban J connectivity index is 1.60. The number of hydrogen-bond acceptors (Lipinski definition) is 4. The van der Waals surface area contributed by atoms with E-state index in [9.17, 15) is 4.79 Å². The zero-order valence-corrected chi connectivity index (χ0v) is 11.1. The number of carbonyl (C=O) groups is 1. The Morgan fingerprint density at radius 3 is 2.75 bits per heavy atom. The highest BCUT2D eigenvalue weighted by molar-refractivity contribution is 5.92. The maximum absolute atomic E-state index is 11.0. The number of aromatic nitrogens is 3. The van der Waals surface area contributed by atoms with Crippen LogP contribution >= 0.6 is 0 Å². The highest BCUT2D eigenvalue weighted by Crippen LogP contribution is 2.18. The van der Waals surface area contributed by atoms with Crippen molar-refractivity contribution in [3.05, 3.63) is 47.3 Å². The van der Waals surface area contributed by atoms with Gasteiger partial charge in [0.1, 0.15) is 0 Å². The normalized spacial score (nSPS) is 14.4. The minimum atomic E-state index is -0.411. The molecule has 1 aromatic heterocycles. The molecule has 0 atom stereocenters. The van der Waals surface area contributed by atoms with Crippen LogP contribution in [0.15, 0.2) is 30.5 Å². The molecule has 1 heterocycles. The van der Waals surface area contributed by atoms with Crippen LogP contribution in [0.5, 0.6) is 0 Å². The summed E-state index contributed by atoms with van der Waals surface area (Å²) in [7, 11) is 0. The SMILES string of the molecule is NC(=O)c1ccc(Cn2cc(CNC3CC3)nn2)cc1. The molecule has 0 bridgehead atoms. The van der Waals surface area contributed by atoms with Gasteiger partial charge in [0.15, 0.2) is 0 Å². The van der Waals surface area contributed by atoms with Crippen molar-refractivity contribution >= 4 is 5.91 Å².